The summed E-state index contributed by atoms with van der Waals surface area (Å²) in [5.74, 6) is 5.65. The van der Waals surface area contributed by atoms with E-state index in [4.69, 9.17) is 5.73 Å². The van der Waals surface area contributed by atoms with E-state index in [9.17, 15) is 4.39 Å². The fourth-order valence-corrected chi connectivity index (χ4v) is 2.12. The van der Waals surface area contributed by atoms with Crippen LogP contribution in [0.4, 0.5) is 4.39 Å². The van der Waals surface area contributed by atoms with Gasteiger partial charge in [-0.05, 0) is 42.4 Å². The molecule has 0 saturated heterocycles. The van der Waals surface area contributed by atoms with E-state index in [-0.39, 0.29) is 5.82 Å². The Balaban J connectivity index is 1.93. The molecule has 3 heteroatoms. The van der Waals surface area contributed by atoms with Crippen molar-refractivity contribution in [2.75, 3.05) is 13.6 Å². The van der Waals surface area contributed by atoms with Crippen LogP contribution in [-0.2, 0) is 13.1 Å². The van der Waals surface area contributed by atoms with Crippen molar-refractivity contribution in [1.29, 1.82) is 0 Å². The minimum absolute atomic E-state index is 0.199. The van der Waals surface area contributed by atoms with Crippen molar-refractivity contribution in [3.63, 3.8) is 0 Å². The highest BCUT2D eigenvalue weighted by molar-refractivity contribution is 5.36. The Bertz CT molecular complexity index is 621. The van der Waals surface area contributed by atoms with Crippen LogP contribution in [0.3, 0.4) is 0 Å². The molecule has 0 aliphatic rings. The Kier molecular flexibility index (Phi) is 5.51. The maximum Gasteiger partial charge on any atom is 0.123 e. The van der Waals surface area contributed by atoms with Gasteiger partial charge in [-0.3, -0.25) is 4.90 Å². The molecule has 0 bridgehead atoms. The number of halogens is 1. The second-order valence-corrected chi connectivity index (χ2v) is 5.00. The molecule has 2 rings (SSSR count). The molecule has 2 nitrogen and oxygen atoms in total. The second kappa shape index (κ2) is 7.58. The number of hydrogen-bond acceptors (Lipinski definition) is 2. The van der Waals surface area contributed by atoms with E-state index in [1.54, 1.807) is 0 Å². The third kappa shape index (κ3) is 5.03. The Morgan fingerprint density at radius 3 is 2.00 bits per heavy atom. The van der Waals surface area contributed by atoms with Gasteiger partial charge >= 0.3 is 0 Å². The van der Waals surface area contributed by atoms with Gasteiger partial charge in [0.25, 0.3) is 0 Å². The first-order valence-corrected chi connectivity index (χ1v) is 6.88. The zero-order valence-corrected chi connectivity index (χ0v) is 12.1. The molecule has 0 saturated carbocycles. The third-order valence-electron chi connectivity index (χ3n) is 3.11. The quantitative estimate of drug-likeness (QED) is 0.874. The molecule has 2 aromatic rings. The molecule has 0 heterocycles. The standard InChI is InChI=1S/C18H19FN2/c1-21(14-17-8-10-18(19)11-9-17)13-16-6-4-15(5-7-16)3-2-12-20/h4-11H,12-14,20H2,1H3. The molecular formula is C18H19FN2. The van der Waals surface area contributed by atoms with Gasteiger partial charge in [0, 0.05) is 18.7 Å². The van der Waals surface area contributed by atoms with E-state index in [1.165, 1.54) is 17.7 Å². The molecule has 21 heavy (non-hydrogen) atoms. The highest BCUT2D eigenvalue weighted by Crippen LogP contribution is 2.10. The molecule has 2 N–H and O–H groups in total. The van der Waals surface area contributed by atoms with E-state index >= 15 is 0 Å². The van der Waals surface area contributed by atoms with Crippen LogP contribution in [0.2, 0.25) is 0 Å². The first kappa shape index (κ1) is 15.2. The molecule has 0 aliphatic heterocycles. The van der Waals surface area contributed by atoms with Gasteiger partial charge in [0.05, 0.1) is 6.54 Å². The Labute approximate surface area is 125 Å². The third-order valence-corrected chi connectivity index (χ3v) is 3.11. The highest BCUT2D eigenvalue weighted by Gasteiger charge is 2.02. The van der Waals surface area contributed by atoms with E-state index < -0.39 is 0 Å². The summed E-state index contributed by atoms with van der Waals surface area (Å²) in [4.78, 5) is 2.19. The van der Waals surface area contributed by atoms with Crippen LogP contribution in [0.1, 0.15) is 16.7 Å². The molecule has 0 aromatic heterocycles. The number of rotatable bonds is 4. The number of nitrogens with zero attached hydrogens (tertiary/aromatic N) is 1. The molecule has 0 fully saturated rings. The monoisotopic (exact) mass is 282 g/mol. The number of hydrogen-bond donors (Lipinski definition) is 1. The Morgan fingerprint density at radius 2 is 1.48 bits per heavy atom. The number of nitrogens with two attached hydrogens (primary N) is 1. The highest BCUT2D eigenvalue weighted by atomic mass is 19.1. The predicted octanol–water partition coefficient (Wildman–Crippen LogP) is 2.77. The number of benzene rings is 2. The van der Waals surface area contributed by atoms with Crippen molar-refractivity contribution in [2.24, 2.45) is 5.73 Å². The average Bonchev–Trinajstić information content (AvgIpc) is 2.49. The van der Waals surface area contributed by atoms with Gasteiger partial charge in [-0.25, -0.2) is 4.39 Å². The molecule has 0 atom stereocenters. The van der Waals surface area contributed by atoms with Crippen molar-refractivity contribution in [1.82, 2.24) is 4.90 Å². The summed E-state index contributed by atoms with van der Waals surface area (Å²) < 4.78 is 12.9. The van der Waals surface area contributed by atoms with Crippen molar-refractivity contribution >= 4 is 0 Å². The van der Waals surface area contributed by atoms with Crippen LogP contribution in [0.5, 0.6) is 0 Å². The van der Waals surface area contributed by atoms with Crippen molar-refractivity contribution in [3.8, 4) is 11.8 Å². The molecule has 0 spiro atoms. The molecule has 0 amide bonds. The lowest BCUT2D eigenvalue weighted by Gasteiger charge is -2.16. The van der Waals surface area contributed by atoms with Gasteiger partial charge in [-0.2, -0.15) is 0 Å². The minimum atomic E-state index is -0.199. The fourth-order valence-electron chi connectivity index (χ4n) is 2.12. The lowest BCUT2D eigenvalue weighted by molar-refractivity contribution is 0.319. The fraction of sp³-hybridized carbons (Fsp3) is 0.222. The van der Waals surface area contributed by atoms with Gasteiger partial charge in [0.2, 0.25) is 0 Å². The minimum Gasteiger partial charge on any atom is -0.320 e. The average molecular weight is 282 g/mol. The Morgan fingerprint density at radius 1 is 0.952 bits per heavy atom. The van der Waals surface area contributed by atoms with Gasteiger partial charge < -0.3 is 5.73 Å². The van der Waals surface area contributed by atoms with Gasteiger partial charge in [0.1, 0.15) is 5.82 Å². The zero-order valence-electron chi connectivity index (χ0n) is 12.1. The van der Waals surface area contributed by atoms with Crippen LogP contribution in [0.15, 0.2) is 48.5 Å². The van der Waals surface area contributed by atoms with E-state index in [2.05, 4.69) is 28.9 Å². The largest absolute Gasteiger partial charge is 0.320 e. The van der Waals surface area contributed by atoms with E-state index in [0.29, 0.717) is 6.54 Å². The summed E-state index contributed by atoms with van der Waals surface area (Å²) in [5, 5.41) is 0. The maximum atomic E-state index is 12.9. The Hall–Kier alpha value is -2.15. The van der Waals surface area contributed by atoms with Crippen LogP contribution in [-0.4, -0.2) is 18.5 Å². The van der Waals surface area contributed by atoms with E-state index in [0.717, 1.165) is 24.2 Å². The normalized spacial score (nSPS) is 10.3. The second-order valence-electron chi connectivity index (χ2n) is 5.00. The van der Waals surface area contributed by atoms with Crippen molar-refractivity contribution in [3.05, 3.63) is 71.0 Å². The zero-order chi connectivity index (χ0) is 15.1. The smallest absolute Gasteiger partial charge is 0.123 e. The first-order chi connectivity index (χ1) is 10.2. The molecule has 0 aliphatic carbocycles. The van der Waals surface area contributed by atoms with Crippen LogP contribution in [0, 0.1) is 17.7 Å². The van der Waals surface area contributed by atoms with Crippen molar-refractivity contribution < 1.29 is 4.39 Å². The molecule has 0 radical (unpaired) electrons. The first-order valence-electron chi connectivity index (χ1n) is 6.88. The van der Waals surface area contributed by atoms with Crippen LogP contribution < -0.4 is 5.73 Å². The summed E-state index contributed by atoms with van der Waals surface area (Å²) in [6, 6.07) is 14.8. The summed E-state index contributed by atoms with van der Waals surface area (Å²) >= 11 is 0. The van der Waals surface area contributed by atoms with Gasteiger partial charge in [-0.15, -0.1) is 0 Å². The molecule has 108 valence electrons. The summed E-state index contributed by atoms with van der Waals surface area (Å²) in [6.45, 7) is 2.00. The van der Waals surface area contributed by atoms with E-state index in [1.807, 2.05) is 31.3 Å². The van der Waals surface area contributed by atoms with Crippen LogP contribution in [0.25, 0.3) is 0 Å². The summed E-state index contributed by atoms with van der Waals surface area (Å²) in [5.41, 5.74) is 8.65. The maximum absolute atomic E-state index is 12.9. The van der Waals surface area contributed by atoms with Crippen LogP contribution >= 0.6 is 0 Å². The lowest BCUT2D eigenvalue weighted by atomic mass is 10.1. The van der Waals surface area contributed by atoms with Crippen molar-refractivity contribution in [2.45, 2.75) is 13.1 Å². The molecule has 0 unspecified atom stereocenters. The topological polar surface area (TPSA) is 29.3 Å². The SMILES string of the molecule is CN(Cc1ccc(F)cc1)Cc1ccc(C#CCN)cc1. The summed E-state index contributed by atoms with van der Waals surface area (Å²) in [7, 11) is 2.05. The molecular weight excluding hydrogens is 263 g/mol. The predicted molar refractivity (Wildman–Crippen MR) is 83.9 cm³/mol. The van der Waals surface area contributed by atoms with Gasteiger partial charge in [0.15, 0.2) is 0 Å². The molecule has 2 aromatic carbocycles. The van der Waals surface area contributed by atoms with Gasteiger partial charge in [-0.1, -0.05) is 36.1 Å². The summed E-state index contributed by atoms with van der Waals surface area (Å²) in [6.07, 6.45) is 0. The lowest BCUT2D eigenvalue weighted by Crippen LogP contribution is -2.17.